The van der Waals surface area contributed by atoms with Crippen LogP contribution in [0.5, 0.6) is 0 Å². The molecule has 3 aromatic carbocycles. The lowest BCUT2D eigenvalue weighted by molar-refractivity contribution is -0.149. The summed E-state index contributed by atoms with van der Waals surface area (Å²) in [5.41, 5.74) is 2.13. The molecular formula is C93H146N6O16. The van der Waals surface area contributed by atoms with Gasteiger partial charge in [0.1, 0.15) is 17.7 Å². The molecule has 3 aromatic rings. The fourth-order valence-electron chi connectivity index (χ4n) is 17.9. The number of esters is 1. The van der Waals surface area contributed by atoms with Gasteiger partial charge >= 0.3 is 5.97 Å². The Labute approximate surface area is 690 Å². The lowest BCUT2D eigenvalue weighted by atomic mass is 9.83. The summed E-state index contributed by atoms with van der Waals surface area (Å²) in [5.74, 6) is -4.26. The number of ketones is 6. The van der Waals surface area contributed by atoms with E-state index in [2.05, 4.69) is 27.7 Å². The number of carbonyl (C=O) groups is 11. The van der Waals surface area contributed by atoms with Crippen molar-refractivity contribution in [1.82, 2.24) is 29.4 Å². The normalized spacial score (nSPS) is 19.0. The van der Waals surface area contributed by atoms with Crippen LogP contribution in [0, 0.1) is 71.0 Å². The molecule has 5 rings (SSSR count). The monoisotopic (exact) mass is 1600 g/mol. The number of rotatable bonds is 47. The molecule has 115 heavy (non-hydrogen) atoms. The molecule has 0 saturated carbocycles. The van der Waals surface area contributed by atoms with Gasteiger partial charge in [0.15, 0.2) is 23.1 Å². The van der Waals surface area contributed by atoms with Crippen molar-refractivity contribution in [3.63, 3.8) is 0 Å². The van der Waals surface area contributed by atoms with Crippen LogP contribution < -0.4 is 0 Å². The molecule has 22 heteroatoms. The van der Waals surface area contributed by atoms with Gasteiger partial charge in [-0.2, -0.15) is 0 Å². The number of hydrogen-bond donors (Lipinski definition) is 0. The van der Waals surface area contributed by atoms with Gasteiger partial charge in [-0.25, -0.2) is 4.79 Å². The van der Waals surface area contributed by atoms with Crippen LogP contribution in [0.15, 0.2) is 84.9 Å². The zero-order valence-electron chi connectivity index (χ0n) is 75.0. The van der Waals surface area contributed by atoms with Gasteiger partial charge in [0.2, 0.25) is 23.6 Å². The standard InChI is InChI=1S/C51H77N3O9.C42H69N3O7/c1-15-33(6)47(53(12)50(59)40(31(2)3)29-43(57)46(32(4)5)52(10)11)44(61-13)30-45(58)54-27-19-22-41(54)49(62-14)35(8)42(56)28-34(7)48(38-20-17-16-18-21-38)63-51(60)39-25-23-37(24-26-39)36(9)55;1-14-28(6)39(44(11)42(50)32(26(2)3)24-35(47)38(27(4)5)43(9)10)36(51-12)25-37(48)45-22-18-21-33(45)41(52-13)30(8)34(46)23-29(7)40(49)31-19-16-15-17-20-31/h16-18,20-21,23-26,31-35,40-41,44,46-49H,15,19,22,27-30H2,1-14H3;15-17,19-20,26-30,32-33,36,38-39,41H,14,18,21-25H2,1-13H3/t33-,34-,35-,40-,41-,44+,46-,47-,48+,49+;28-,29-,30-,32-,33-,36+,38-,39-,41+/m00/s1. The van der Waals surface area contributed by atoms with E-state index in [1.807, 2.05) is 172 Å². The number of methoxy groups -OCH3 is 4. The van der Waals surface area contributed by atoms with Crippen molar-refractivity contribution in [2.24, 2.45) is 71.0 Å². The Hall–Kier alpha value is -7.21. The number of nitrogens with zero attached hydrogens (tertiary/aromatic N) is 6. The molecule has 0 unspecified atom stereocenters. The van der Waals surface area contributed by atoms with Gasteiger partial charge in [-0.15, -0.1) is 0 Å². The number of Topliss-reactive ketones (excluding diaryl/α,β-unsaturated/α-hetero) is 6. The average Bonchev–Trinajstić information content (AvgIpc) is 1.79. The highest BCUT2D eigenvalue weighted by Gasteiger charge is 2.47. The molecule has 0 aliphatic carbocycles. The minimum Gasteiger partial charge on any atom is -0.454 e. The topological polar surface area (TPSA) is 253 Å². The number of ether oxygens (including phenoxy) is 5. The molecule has 2 aliphatic heterocycles. The number of benzene rings is 3. The molecule has 0 N–H and O–H groups in total. The molecule has 22 nitrogen and oxygen atoms in total. The van der Waals surface area contributed by atoms with Gasteiger partial charge in [0, 0.05) is 128 Å². The number of amides is 4. The first-order valence-electron chi connectivity index (χ1n) is 42.3. The van der Waals surface area contributed by atoms with Gasteiger partial charge in [0.25, 0.3) is 0 Å². The van der Waals surface area contributed by atoms with Crippen LogP contribution in [0.4, 0.5) is 0 Å². The maximum atomic E-state index is 14.4. The lowest BCUT2D eigenvalue weighted by Gasteiger charge is -2.41. The quantitative estimate of drug-likeness (QED) is 0.0376. The van der Waals surface area contributed by atoms with Gasteiger partial charge in [0.05, 0.1) is 79.1 Å². The summed E-state index contributed by atoms with van der Waals surface area (Å²) in [7, 11) is 17.4. The van der Waals surface area contributed by atoms with Crippen molar-refractivity contribution >= 4 is 64.3 Å². The third-order valence-corrected chi connectivity index (χ3v) is 24.8. The number of likely N-dealkylation sites (tertiary alicyclic amines) is 2. The van der Waals surface area contributed by atoms with Crippen LogP contribution in [0.3, 0.4) is 0 Å². The second kappa shape index (κ2) is 48.0. The molecular weight excluding hydrogens is 1460 g/mol. The van der Waals surface area contributed by atoms with Crippen molar-refractivity contribution in [3.05, 3.63) is 107 Å². The first-order valence-corrected chi connectivity index (χ1v) is 42.3. The Balaban J connectivity index is 0.000000494. The zero-order chi connectivity index (χ0) is 86.7. The number of hydrogen-bond acceptors (Lipinski definition) is 18. The lowest BCUT2D eigenvalue weighted by Crippen LogP contribution is -2.54. The fraction of sp³-hybridized carbons (Fsp3) is 0.688. The van der Waals surface area contributed by atoms with E-state index in [0.717, 1.165) is 31.2 Å². The molecule has 0 bridgehead atoms. The Kier molecular flexibility index (Phi) is 41.8. The molecule has 2 aliphatic rings. The molecule has 2 heterocycles. The molecule has 0 spiro atoms. The first-order chi connectivity index (χ1) is 54.1. The minimum absolute atomic E-state index is 0.0136. The number of carbonyl (C=O) groups excluding carboxylic acids is 11. The predicted octanol–water partition coefficient (Wildman–Crippen LogP) is 14.3. The third-order valence-electron chi connectivity index (χ3n) is 24.8. The molecule has 0 radical (unpaired) electrons. The van der Waals surface area contributed by atoms with E-state index < -0.39 is 84.1 Å². The number of likely N-dealkylation sites (N-methyl/N-ethyl adjacent to an activating group) is 4. The van der Waals surface area contributed by atoms with E-state index in [9.17, 15) is 52.7 Å². The van der Waals surface area contributed by atoms with E-state index in [1.54, 1.807) is 95.7 Å². The predicted molar refractivity (Wildman–Crippen MR) is 452 cm³/mol. The Morgan fingerprint density at radius 3 is 1.14 bits per heavy atom. The van der Waals surface area contributed by atoms with Crippen LogP contribution in [0.25, 0.3) is 0 Å². The molecule has 2 saturated heterocycles. The molecule has 4 amide bonds. The second-order valence-electron chi connectivity index (χ2n) is 34.8. The van der Waals surface area contributed by atoms with Crippen molar-refractivity contribution in [3.8, 4) is 0 Å². The first kappa shape index (κ1) is 100. The largest absolute Gasteiger partial charge is 0.454 e. The van der Waals surface area contributed by atoms with Crippen LogP contribution in [0.1, 0.15) is 237 Å². The van der Waals surface area contributed by atoms with Gasteiger partial charge in [-0.3, -0.25) is 57.7 Å². The van der Waals surface area contributed by atoms with E-state index in [-0.39, 0.29) is 157 Å². The zero-order valence-corrected chi connectivity index (χ0v) is 75.0. The Morgan fingerprint density at radius 2 is 0.800 bits per heavy atom. The summed E-state index contributed by atoms with van der Waals surface area (Å²) in [6.07, 6.45) is 1.86. The smallest absolute Gasteiger partial charge is 0.338 e. The highest BCUT2D eigenvalue weighted by atomic mass is 16.5. The highest BCUT2D eigenvalue weighted by molar-refractivity contribution is 6.00. The van der Waals surface area contributed by atoms with Gasteiger partial charge < -0.3 is 43.3 Å². The molecule has 644 valence electrons. The van der Waals surface area contributed by atoms with Gasteiger partial charge in [-0.1, -0.05) is 196 Å². The van der Waals surface area contributed by atoms with E-state index in [1.165, 1.54) is 6.92 Å². The molecule has 19 atom stereocenters. The van der Waals surface area contributed by atoms with Crippen LogP contribution >= 0.6 is 0 Å². The Bertz CT molecular complexity index is 3570. The van der Waals surface area contributed by atoms with Crippen LogP contribution in [-0.4, -0.2) is 238 Å². The Morgan fingerprint density at radius 1 is 0.426 bits per heavy atom. The molecule has 0 aromatic heterocycles. The van der Waals surface area contributed by atoms with E-state index in [0.29, 0.717) is 42.6 Å². The van der Waals surface area contributed by atoms with Crippen molar-refractivity contribution < 1.29 is 76.4 Å². The summed E-state index contributed by atoms with van der Waals surface area (Å²) in [4.78, 5) is 161. The summed E-state index contributed by atoms with van der Waals surface area (Å²) in [6.45, 7) is 34.0. The SMILES string of the molecule is CC[C@H](C)[C@@H]([C@@H](CC(=O)N1CCC[C@H]1[C@H](OC)[C@@H](C)C(=O)C[C@H](C)C(=O)c1ccccc1)OC)N(C)C(=O)[C@@H](CC(=O)[C@H](C(C)C)N(C)C)C(C)C.CC[C@H](C)[C@@H]([C@@H](CC(=O)N1CCC[C@H]1[C@H](OC)[C@@H](C)C(=O)C[C@H](C)[C@@H](OC(=O)c1ccc(C(C)=O)cc1)c1ccccc1)OC)N(C)C(=O)[C@@H](CC(=O)[C@H](C(C)C)N(C)C)C(C)C. The maximum Gasteiger partial charge on any atom is 0.338 e. The summed E-state index contributed by atoms with van der Waals surface area (Å²) in [6, 6.07) is 22.5. The molecule has 2 fully saturated rings. The summed E-state index contributed by atoms with van der Waals surface area (Å²) in [5, 5.41) is 0. The average molecular weight is 1600 g/mol. The van der Waals surface area contributed by atoms with E-state index in [4.69, 9.17) is 23.7 Å². The van der Waals surface area contributed by atoms with Gasteiger partial charge in [-0.05, 0) is 114 Å². The third kappa shape index (κ3) is 27.4. The van der Waals surface area contributed by atoms with E-state index >= 15 is 0 Å². The summed E-state index contributed by atoms with van der Waals surface area (Å²) < 4.78 is 30.2. The minimum atomic E-state index is -0.728. The van der Waals surface area contributed by atoms with Crippen molar-refractivity contribution in [2.75, 3.05) is 83.8 Å². The van der Waals surface area contributed by atoms with Crippen LogP contribution in [-0.2, 0) is 62.0 Å². The second-order valence-corrected chi connectivity index (χ2v) is 34.8. The van der Waals surface area contributed by atoms with Crippen molar-refractivity contribution in [2.45, 2.75) is 262 Å². The highest BCUT2D eigenvalue weighted by Crippen LogP contribution is 2.37. The fourth-order valence-corrected chi connectivity index (χ4v) is 17.9. The summed E-state index contributed by atoms with van der Waals surface area (Å²) >= 11 is 0. The van der Waals surface area contributed by atoms with Crippen LogP contribution in [0.2, 0.25) is 0 Å². The van der Waals surface area contributed by atoms with Crippen molar-refractivity contribution in [1.29, 1.82) is 0 Å². The maximum absolute atomic E-state index is 14.4.